The Balaban J connectivity index is 1.39. The minimum absolute atomic E-state index is 0.00975. The summed E-state index contributed by atoms with van der Waals surface area (Å²) in [6, 6.07) is 29.2. The molecule has 0 unspecified atom stereocenters. The number of carbonyl (C=O) groups excluding carboxylic acids is 2. The lowest BCUT2D eigenvalue weighted by atomic mass is 10.00. The highest BCUT2D eigenvalue weighted by Crippen LogP contribution is 2.23. The van der Waals surface area contributed by atoms with Crippen molar-refractivity contribution >= 4 is 40.6 Å². The number of hydrogen-bond donors (Lipinski definition) is 2. The van der Waals surface area contributed by atoms with E-state index in [1.807, 2.05) is 44.2 Å². The van der Waals surface area contributed by atoms with E-state index in [0.717, 1.165) is 11.3 Å². The number of rotatable bonds is 14. The van der Waals surface area contributed by atoms with Crippen LogP contribution in [0.15, 0.2) is 103 Å². The van der Waals surface area contributed by atoms with Crippen LogP contribution in [0.1, 0.15) is 41.8 Å². The molecule has 0 spiro atoms. The number of ketones is 1. The van der Waals surface area contributed by atoms with Gasteiger partial charge in [0.2, 0.25) is 5.91 Å². The van der Waals surface area contributed by atoms with Crippen molar-refractivity contribution in [1.29, 1.82) is 0 Å². The molecule has 4 aromatic carbocycles. The number of nitrogens with zero attached hydrogens (tertiary/aromatic N) is 1. The lowest BCUT2D eigenvalue weighted by molar-refractivity contribution is -0.137. The highest BCUT2D eigenvalue weighted by atomic mass is 35.5. The summed E-state index contributed by atoms with van der Waals surface area (Å²) in [6.45, 7) is 4.64. The van der Waals surface area contributed by atoms with Crippen LogP contribution in [0.5, 0.6) is 5.75 Å². The number of carboxylic acids is 1. The van der Waals surface area contributed by atoms with E-state index in [1.54, 1.807) is 77.7 Å². The zero-order valence-electron chi connectivity index (χ0n) is 24.2. The molecule has 0 bridgehead atoms. The quantitative estimate of drug-likeness (QED) is 0.150. The highest BCUT2D eigenvalue weighted by Gasteiger charge is 2.22. The number of para-hydroxylation sites is 1. The van der Waals surface area contributed by atoms with Crippen LogP contribution in [0.2, 0.25) is 5.02 Å². The molecule has 0 aromatic heterocycles. The molecule has 7 nitrogen and oxygen atoms in total. The molecular formula is C35H35ClN2O5. The number of aliphatic carboxylic acids is 1. The fraction of sp³-hybridized carbons (Fsp3) is 0.229. The van der Waals surface area contributed by atoms with Gasteiger partial charge in [0, 0.05) is 40.4 Å². The van der Waals surface area contributed by atoms with E-state index >= 15 is 0 Å². The largest absolute Gasteiger partial charge is 0.492 e. The highest BCUT2D eigenvalue weighted by molar-refractivity contribution is 6.30. The van der Waals surface area contributed by atoms with Gasteiger partial charge in [-0.15, -0.1) is 0 Å². The normalized spacial score (nSPS) is 11.5. The fourth-order valence-corrected chi connectivity index (χ4v) is 4.76. The Hall–Kier alpha value is -4.62. The molecule has 0 saturated heterocycles. The third-order valence-corrected chi connectivity index (χ3v) is 7.06. The Labute approximate surface area is 257 Å². The van der Waals surface area contributed by atoms with Crippen LogP contribution in [0.4, 0.5) is 11.4 Å². The molecule has 0 aliphatic rings. The molecule has 0 fully saturated rings. The zero-order valence-corrected chi connectivity index (χ0v) is 25.0. The van der Waals surface area contributed by atoms with Crippen molar-refractivity contribution in [2.75, 3.05) is 23.4 Å². The lowest BCUT2D eigenvalue weighted by Gasteiger charge is -2.24. The number of carboxylic acid groups (broad SMARTS) is 1. The summed E-state index contributed by atoms with van der Waals surface area (Å²) in [5.41, 5.74) is 2.94. The average Bonchev–Trinajstić information content (AvgIpc) is 3.00. The predicted octanol–water partition coefficient (Wildman–Crippen LogP) is 7.14. The molecule has 1 atom stereocenters. The Kier molecular flexibility index (Phi) is 10.9. The first-order chi connectivity index (χ1) is 20.7. The standard InChI is InChI=1S/C35H35ClN2O5/c1-24(2)22-33(39)38(28-16-14-27(36)15-17-28)20-21-43-29-18-12-25(13-19-29)23-32(35(41)42)37-31-11-7-6-10-30(31)34(40)26-8-4-3-5-9-26/h3-19,24,32,37H,20-23H2,1-2H3,(H,41,42)/t32-/m0/s1. The van der Waals surface area contributed by atoms with E-state index in [0.29, 0.717) is 40.6 Å². The lowest BCUT2D eigenvalue weighted by Crippen LogP contribution is -2.35. The summed E-state index contributed by atoms with van der Waals surface area (Å²) in [5, 5.41) is 13.6. The summed E-state index contributed by atoms with van der Waals surface area (Å²) in [4.78, 5) is 39.9. The van der Waals surface area contributed by atoms with E-state index < -0.39 is 12.0 Å². The van der Waals surface area contributed by atoms with Crippen molar-refractivity contribution in [2.45, 2.75) is 32.7 Å². The maximum Gasteiger partial charge on any atom is 0.326 e. The van der Waals surface area contributed by atoms with Gasteiger partial charge in [-0.05, 0) is 60.0 Å². The van der Waals surface area contributed by atoms with E-state index in [-0.39, 0.29) is 30.6 Å². The average molecular weight is 599 g/mol. The van der Waals surface area contributed by atoms with Crippen LogP contribution >= 0.6 is 11.6 Å². The third-order valence-electron chi connectivity index (χ3n) is 6.80. The van der Waals surface area contributed by atoms with Gasteiger partial charge in [-0.1, -0.05) is 80.0 Å². The minimum Gasteiger partial charge on any atom is -0.492 e. The third kappa shape index (κ3) is 8.93. The molecule has 1 amide bonds. The molecule has 43 heavy (non-hydrogen) atoms. The first kappa shape index (κ1) is 31.3. The van der Waals surface area contributed by atoms with E-state index in [4.69, 9.17) is 16.3 Å². The topological polar surface area (TPSA) is 95.9 Å². The van der Waals surface area contributed by atoms with Crippen molar-refractivity contribution < 1.29 is 24.2 Å². The Morgan fingerprint density at radius 2 is 1.51 bits per heavy atom. The second kappa shape index (κ2) is 15.0. The number of hydrogen-bond acceptors (Lipinski definition) is 5. The molecule has 4 rings (SSSR count). The fourth-order valence-electron chi connectivity index (χ4n) is 4.63. The van der Waals surface area contributed by atoms with Crippen molar-refractivity contribution in [3.63, 3.8) is 0 Å². The molecule has 0 aliphatic heterocycles. The van der Waals surface area contributed by atoms with Crippen LogP contribution in [-0.4, -0.2) is 42.0 Å². The van der Waals surface area contributed by atoms with Gasteiger partial charge >= 0.3 is 5.97 Å². The summed E-state index contributed by atoms with van der Waals surface area (Å²) in [6.07, 6.45) is 0.610. The van der Waals surface area contributed by atoms with E-state index in [2.05, 4.69) is 5.32 Å². The first-order valence-corrected chi connectivity index (χ1v) is 14.5. The first-order valence-electron chi connectivity index (χ1n) is 14.2. The van der Waals surface area contributed by atoms with Crippen LogP contribution in [0, 0.1) is 5.92 Å². The van der Waals surface area contributed by atoms with Gasteiger partial charge in [-0.2, -0.15) is 0 Å². The maximum atomic E-state index is 13.1. The smallest absolute Gasteiger partial charge is 0.326 e. The molecule has 8 heteroatoms. The van der Waals surface area contributed by atoms with Gasteiger partial charge in [-0.25, -0.2) is 4.79 Å². The summed E-state index contributed by atoms with van der Waals surface area (Å²) < 4.78 is 5.93. The van der Waals surface area contributed by atoms with Gasteiger partial charge in [0.15, 0.2) is 5.78 Å². The van der Waals surface area contributed by atoms with E-state index in [1.165, 1.54) is 0 Å². The number of amides is 1. The molecule has 0 radical (unpaired) electrons. The number of ether oxygens (including phenoxy) is 1. The minimum atomic E-state index is -1.03. The predicted molar refractivity (Wildman–Crippen MR) is 170 cm³/mol. The van der Waals surface area contributed by atoms with Crippen LogP contribution in [0.25, 0.3) is 0 Å². The number of anilines is 2. The Bertz CT molecular complexity index is 1520. The molecule has 2 N–H and O–H groups in total. The number of carbonyl (C=O) groups is 3. The van der Waals surface area contributed by atoms with Crippen LogP contribution < -0.4 is 15.0 Å². The summed E-state index contributed by atoms with van der Waals surface area (Å²) >= 11 is 6.03. The van der Waals surface area contributed by atoms with E-state index in [9.17, 15) is 19.5 Å². The molecule has 4 aromatic rings. The zero-order chi connectivity index (χ0) is 30.8. The van der Waals surface area contributed by atoms with Crippen molar-refractivity contribution in [2.24, 2.45) is 5.92 Å². The molecule has 222 valence electrons. The second-order valence-electron chi connectivity index (χ2n) is 10.6. The monoisotopic (exact) mass is 598 g/mol. The number of benzene rings is 4. The summed E-state index contributed by atoms with van der Waals surface area (Å²) in [5.74, 6) is -0.381. The van der Waals surface area contributed by atoms with Gasteiger partial charge in [0.25, 0.3) is 0 Å². The molecule has 0 heterocycles. The van der Waals surface area contributed by atoms with Gasteiger partial charge in [0.1, 0.15) is 18.4 Å². The van der Waals surface area contributed by atoms with Crippen LogP contribution in [0.3, 0.4) is 0 Å². The van der Waals surface area contributed by atoms with Crippen LogP contribution in [-0.2, 0) is 16.0 Å². The molecular weight excluding hydrogens is 564 g/mol. The Morgan fingerprint density at radius 3 is 2.16 bits per heavy atom. The molecule has 0 saturated carbocycles. The Morgan fingerprint density at radius 1 is 0.860 bits per heavy atom. The van der Waals surface area contributed by atoms with Gasteiger partial charge in [-0.3, -0.25) is 9.59 Å². The van der Waals surface area contributed by atoms with Gasteiger partial charge < -0.3 is 20.1 Å². The maximum absolute atomic E-state index is 13.1. The van der Waals surface area contributed by atoms with Crippen molar-refractivity contribution in [3.8, 4) is 5.75 Å². The number of nitrogens with one attached hydrogen (secondary N) is 1. The SMILES string of the molecule is CC(C)CC(=O)N(CCOc1ccc(C[C@H](Nc2ccccc2C(=O)c2ccccc2)C(=O)O)cc1)c1ccc(Cl)cc1. The van der Waals surface area contributed by atoms with Gasteiger partial charge in [0.05, 0.1) is 6.54 Å². The summed E-state index contributed by atoms with van der Waals surface area (Å²) in [7, 11) is 0. The number of halogens is 1. The van der Waals surface area contributed by atoms with Crippen molar-refractivity contribution in [1.82, 2.24) is 0 Å². The second-order valence-corrected chi connectivity index (χ2v) is 11.0. The molecule has 0 aliphatic carbocycles. The van der Waals surface area contributed by atoms with Crippen molar-refractivity contribution in [3.05, 3.63) is 125 Å².